The first-order valence-corrected chi connectivity index (χ1v) is 12.4. The maximum atomic E-state index is 4.87. The largest absolute Gasteiger partial charge is 0.292 e. The Hall–Kier alpha value is -4.24. The molecule has 3 nitrogen and oxygen atoms in total. The van der Waals surface area contributed by atoms with Crippen LogP contribution in [0.25, 0.3) is 22.3 Å². The highest BCUT2D eigenvalue weighted by molar-refractivity contribution is 6.00. The molecule has 3 aromatic carbocycles. The molecule has 2 aliphatic carbocycles. The maximum absolute atomic E-state index is 4.87. The molecule has 0 N–H and O–H groups in total. The van der Waals surface area contributed by atoms with Gasteiger partial charge in [0.25, 0.3) is 0 Å². The van der Waals surface area contributed by atoms with Crippen LogP contribution in [0.15, 0.2) is 79.1 Å². The van der Waals surface area contributed by atoms with Crippen LogP contribution in [0.5, 0.6) is 0 Å². The van der Waals surface area contributed by atoms with E-state index >= 15 is 0 Å². The molecule has 164 valence electrons. The van der Waals surface area contributed by atoms with Gasteiger partial charge in [0.2, 0.25) is 0 Å². The first kappa shape index (κ1) is 18.1. The predicted octanol–water partition coefficient (Wildman–Crippen LogP) is 6.90. The fourth-order valence-corrected chi connectivity index (χ4v) is 7.01. The van der Waals surface area contributed by atoms with Gasteiger partial charge in [-0.1, -0.05) is 48.5 Å². The van der Waals surface area contributed by atoms with Gasteiger partial charge in [-0.25, -0.2) is 4.98 Å². The second-order valence-electron chi connectivity index (χ2n) is 10.2. The fourth-order valence-electron chi connectivity index (χ4n) is 7.01. The highest BCUT2D eigenvalue weighted by Crippen LogP contribution is 2.56. The van der Waals surface area contributed by atoms with Crippen LogP contribution in [-0.2, 0) is 25.7 Å². The van der Waals surface area contributed by atoms with Crippen molar-refractivity contribution in [1.29, 1.82) is 0 Å². The molecule has 0 unspecified atom stereocenters. The molecule has 2 aliphatic heterocycles. The second kappa shape index (κ2) is 6.25. The topological polar surface area (TPSA) is 29.0 Å². The van der Waals surface area contributed by atoms with Crippen molar-refractivity contribution in [3.8, 4) is 22.3 Å². The molecule has 4 aliphatic rings. The predicted molar refractivity (Wildman–Crippen MR) is 139 cm³/mol. The zero-order valence-corrected chi connectivity index (χ0v) is 19.2. The molecule has 0 amide bonds. The molecule has 0 fully saturated rings. The number of hydrogen-bond acceptors (Lipinski definition) is 3. The summed E-state index contributed by atoms with van der Waals surface area (Å²) in [6.07, 6.45) is 7.73. The van der Waals surface area contributed by atoms with Crippen molar-refractivity contribution < 1.29 is 0 Å². The van der Waals surface area contributed by atoms with Crippen molar-refractivity contribution in [2.75, 3.05) is 4.90 Å². The lowest BCUT2D eigenvalue weighted by molar-refractivity contribution is 0.939. The molecule has 0 saturated heterocycles. The van der Waals surface area contributed by atoms with Crippen molar-refractivity contribution in [2.45, 2.75) is 25.7 Å². The third kappa shape index (κ3) is 2.21. The van der Waals surface area contributed by atoms with Crippen molar-refractivity contribution >= 4 is 17.2 Å². The summed E-state index contributed by atoms with van der Waals surface area (Å²) in [6.45, 7) is 0. The minimum atomic E-state index is 0.843. The van der Waals surface area contributed by atoms with Gasteiger partial charge in [0.1, 0.15) is 5.82 Å². The van der Waals surface area contributed by atoms with Gasteiger partial charge in [0.15, 0.2) is 0 Å². The third-order valence-electron chi connectivity index (χ3n) is 8.40. The van der Waals surface area contributed by atoms with Crippen molar-refractivity contribution in [3.63, 3.8) is 0 Å². The molecule has 5 aromatic rings. The lowest BCUT2D eigenvalue weighted by atomic mass is 9.84. The van der Waals surface area contributed by atoms with Crippen LogP contribution in [0.1, 0.15) is 44.6 Å². The molecule has 3 heteroatoms. The zero-order valence-electron chi connectivity index (χ0n) is 19.2. The summed E-state index contributed by atoms with van der Waals surface area (Å²) >= 11 is 0. The molecule has 0 spiro atoms. The second-order valence-corrected chi connectivity index (χ2v) is 10.2. The molecule has 0 atom stereocenters. The first-order chi connectivity index (χ1) is 17.3. The van der Waals surface area contributed by atoms with Gasteiger partial charge >= 0.3 is 0 Å². The van der Waals surface area contributed by atoms with Gasteiger partial charge in [-0.3, -0.25) is 9.88 Å². The molecule has 9 rings (SSSR count). The number of fused-ring (bicyclic) bond motifs is 12. The van der Waals surface area contributed by atoms with Gasteiger partial charge < -0.3 is 0 Å². The van der Waals surface area contributed by atoms with Crippen molar-refractivity contribution in [3.05, 3.63) is 124 Å². The Morgan fingerprint density at radius 1 is 0.543 bits per heavy atom. The van der Waals surface area contributed by atoms with E-state index in [0.717, 1.165) is 37.2 Å². The van der Waals surface area contributed by atoms with Gasteiger partial charge in [-0.2, -0.15) is 0 Å². The number of aromatic nitrogens is 2. The zero-order chi connectivity index (χ0) is 22.7. The number of anilines is 3. The van der Waals surface area contributed by atoms with Crippen LogP contribution >= 0.6 is 0 Å². The van der Waals surface area contributed by atoms with E-state index in [4.69, 9.17) is 9.97 Å². The van der Waals surface area contributed by atoms with E-state index in [2.05, 4.69) is 65.6 Å². The Kier molecular flexibility index (Phi) is 3.24. The van der Waals surface area contributed by atoms with Gasteiger partial charge in [0, 0.05) is 30.8 Å². The molecule has 2 aromatic heterocycles. The van der Waals surface area contributed by atoms with E-state index in [1.807, 2.05) is 18.5 Å². The minimum absolute atomic E-state index is 0.843. The highest BCUT2D eigenvalue weighted by atomic mass is 15.2. The summed E-state index contributed by atoms with van der Waals surface area (Å²) in [6, 6.07) is 24.8. The lowest BCUT2D eigenvalue weighted by Crippen LogP contribution is -2.26. The number of pyridine rings is 2. The van der Waals surface area contributed by atoms with Crippen LogP contribution in [0, 0.1) is 0 Å². The van der Waals surface area contributed by atoms with Crippen LogP contribution in [0.2, 0.25) is 0 Å². The maximum Gasteiger partial charge on any atom is 0.141 e. The monoisotopic (exact) mass is 447 g/mol. The van der Waals surface area contributed by atoms with E-state index in [9.17, 15) is 0 Å². The van der Waals surface area contributed by atoms with Crippen molar-refractivity contribution in [2.24, 2.45) is 0 Å². The molecule has 0 bridgehead atoms. The minimum Gasteiger partial charge on any atom is -0.292 e. The van der Waals surface area contributed by atoms with Crippen LogP contribution in [0.4, 0.5) is 17.2 Å². The molecule has 0 saturated carbocycles. The van der Waals surface area contributed by atoms with Crippen LogP contribution < -0.4 is 4.90 Å². The molecule has 0 radical (unpaired) electrons. The van der Waals surface area contributed by atoms with E-state index < -0.39 is 0 Å². The lowest BCUT2D eigenvalue weighted by Gasteiger charge is -2.38. The number of rotatable bonds is 0. The molecular formula is C32H21N3. The SMILES string of the molecule is c1ccc2c(c1)Cc1ccc3c(c1-2)-c1c(ccc2c1Cc1ccnc4c1N2c1ncccc1C4)C3. The van der Waals surface area contributed by atoms with Crippen LogP contribution in [0.3, 0.4) is 0 Å². The summed E-state index contributed by atoms with van der Waals surface area (Å²) in [4.78, 5) is 12.1. The van der Waals surface area contributed by atoms with E-state index in [1.54, 1.807) is 0 Å². The summed E-state index contributed by atoms with van der Waals surface area (Å²) < 4.78 is 0. The Morgan fingerprint density at radius 3 is 2.31 bits per heavy atom. The van der Waals surface area contributed by atoms with Gasteiger partial charge in [-0.15, -0.1) is 0 Å². The van der Waals surface area contributed by atoms with Gasteiger partial charge in [-0.05, 0) is 86.7 Å². The average molecular weight is 448 g/mol. The summed E-state index contributed by atoms with van der Waals surface area (Å²) in [7, 11) is 0. The van der Waals surface area contributed by atoms with Gasteiger partial charge in [0.05, 0.1) is 17.1 Å². The van der Waals surface area contributed by atoms with Crippen molar-refractivity contribution in [1.82, 2.24) is 9.97 Å². The normalized spacial score (nSPS) is 14.9. The quantitative estimate of drug-likeness (QED) is 0.253. The number of hydrogen-bond donors (Lipinski definition) is 0. The molecule has 4 heterocycles. The third-order valence-corrected chi connectivity index (χ3v) is 8.40. The molecular weight excluding hydrogens is 426 g/mol. The Morgan fingerprint density at radius 2 is 1.34 bits per heavy atom. The summed E-state index contributed by atoms with van der Waals surface area (Å²) in [5.74, 6) is 1.05. The summed E-state index contributed by atoms with van der Waals surface area (Å²) in [5.41, 5.74) is 19.3. The smallest absolute Gasteiger partial charge is 0.141 e. The van der Waals surface area contributed by atoms with E-state index in [-0.39, 0.29) is 0 Å². The molecule has 35 heavy (non-hydrogen) atoms. The number of benzene rings is 3. The first-order valence-electron chi connectivity index (χ1n) is 12.4. The Bertz CT molecular complexity index is 1760. The highest BCUT2D eigenvalue weighted by Gasteiger charge is 2.37. The summed E-state index contributed by atoms with van der Waals surface area (Å²) in [5, 5.41) is 0. The Labute approximate surface area is 203 Å². The van der Waals surface area contributed by atoms with E-state index in [0.29, 0.717) is 0 Å². The average Bonchev–Trinajstić information content (AvgIpc) is 3.46. The van der Waals surface area contributed by atoms with E-state index in [1.165, 1.54) is 72.6 Å². The standard InChI is InChI=1S/C32H21N3/c1-2-6-24-18(4-1)14-19-7-8-21-15-20-9-10-27-25(29(20)30(21)28(19)24)16-22-11-13-33-26-17-23-5-3-12-34-32(23)35(27)31(22)26/h1-13H,14-17H2. The fraction of sp³-hybridized carbons (Fsp3) is 0.125. The number of nitrogens with zero attached hydrogens (tertiary/aromatic N) is 3. The van der Waals surface area contributed by atoms with Crippen LogP contribution in [-0.4, -0.2) is 9.97 Å². The Balaban J connectivity index is 1.36.